The maximum absolute atomic E-state index is 11.6. The van der Waals surface area contributed by atoms with Crippen molar-refractivity contribution in [2.75, 3.05) is 18.9 Å². The van der Waals surface area contributed by atoms with Gasteiger partial charge in [-0.05, 0) is 19.2 Å². The summed E-state index contributed by atoms with van der Waals surface area (Å²) in [6, 6.07) is 3.32. The third-order valence-corrected chi connectivity index (χ3v) is 2.16. The lowest BCUT2D eigenvalue weighted by Gasteiger charge is -2.11. The number of nitrogens with one attached hydrogen (secondary N) is 2. The second-order valence-corrected chi connectivity index (χ2v) is 3.70. The molecule has 15 heavy (non-hydrogen) atoms. The maximum atomic E-state index is 11.6. The molecule has 0 aliphatic rings. The summed E-state index contributed by atoms with van der Waals surface area (Å²) in [6.07, 6.45) is 1.56. The molecule has 0 saturated carbocycles. The molecule has 1 unspecified atom stereocenters. The van der Waals surface area contributed by atoms with E-state index >= 15 is 0 Å². The molecular formula is C10H14ClN3O. The van der Waals surface area contributed by atoms with Crippen molar-refractivity contribution in [3.05, 3.63) is 23.5 Å². The Labute approximate surface area is 94.0 Å². The zero-order valence-corrected chi connectivity index (χ0v) is 9.51. The third kappa shape index (κ3) is 3.85. The molecule has 1 atom stereocenters. The SMILES string of the molecule is CNCC(C)C(=O)Nc1ccnc(Cl)c1. The molecule has 0 radical (unpaired) electrons. The molecule has 1 aromatic heterocycles. The topological polar surface area (TPSA) is 54.0 Å². The van der Waals surface area contributed by atoms with Crippen LogP contribution >= 0.6 is 11.6 Å². The molecule has 0 saturated heterocycles. The van der Waals surface area contributed by atoms with Gasteiger partial charge in [-0.15, -0.1) is 0 Å². The molecule has 0 aliphatic heterocycles. The van der Waals surface area contributed by atoms with Crippen LogP contribution in [0.3, 0.4) is 0 Å². The van der Waals surface area contributed by atoms with Gasteiger partial charge in [0.05, 0.1) is 0 Å². The highest BCUT2D eigenvalue weighted by Crippen LogP contribution is 2.12. The third-order valence-electron chi connectivity index (χ3n) is 1.95. The Morgan fingerprint density at radius 2 is 2.40 bits per heavy atom. The van der Waals surface area contributed by atoms with Crippen molar-refractivity contribution in [3.63, 3.8) is 0 Å². The first-order valence-electron chi connectivity index (χ1n) is 4.70. The van der Waals surface area contributed by atoms with E-state index in [0.29, 0.717) is 17.4 Å². The monoisotopic (exact) mass is 227 g/mol. The highest BCUT2D eigenvalue weighted by atomic mass is 35.5. The summed E-state index contributed by atoms with van der Waals surface area (Å²) in [7, 11) is 1.81. The minimum Gasteiger partial charge on any atom is -0.326 e. The molecule has 82 valence electrons. The van der Waals surface area contributed by atoms with Crippen LogP contribution < -0.4 is 10.6 Å². The average Bonchev–Trinajstić information content (AvgIpc) is 2.18. The van der Waals surface area contributed by atoms with E-state index in [9.17, 15) is 4.79 Å². The van der Waals surface area contributed by atoms with Gasteiger partial charge in [-0.1, -0.05) is 18.5 Å². The van der Waals surface area contributed by atoms with Gasteiger partial charge in [-0.25, -0.2) is 4.98 Å². The lowest BCUT2D eigenvalue weighted by Crippen LogP contribution is -2.28. The van der Waals surface area contributed by atoms with Crippen LogP contribution in [0.5, 0.6) is 0 Å². The average molecular weight is 228 g/mol. The van der Waals surface area contributed by atoms with Gasteiger partial charge in [0.1, 0.15) is 5.15 Å². The summed E-state index contributed by atoms with van der Waals surface area (Å²) in [4.78, 5) is 15.4. The van der Waals surface area contributed by atoms with Crippen molar-refractivity contribution in [1.29, 1.82) is 0 Å². The maximum Gasteiger partial charge on any atom is 0.228 e. The van der Waals surface area contributed by atoms with Gasteiger partial charge >= 0.3 is 0 Å². The minimum absolute atomic E-state index is 0.0355. The largest absolute Gasteiger partial charge is 0.326 e. The van der Waals surface area contributed by atoms with Gasteiger partial charge in [0.15, 0.2) is 0 Å². The van der Waals surface area contributed by atoms with Crippen LogP contribution in [0.15, 0.2) is 18.3 Å². The van der Waals surface area contributed by atoms with E-state index in [-0.39, 0.29) is 11.8 Å². The minimum atomic E-state index is -0.0815. The molecule has 0 fully saturated rings. The normalized spacial score (nSPS) is 12.2. The summed E-state index contributed by atoms with van der Waals surface area (Å²) in [5.41, 5.74) is 0.669. The first kappa shape index (κ1) is 11.9. The number of hydrogen-bond acceptors (Lipinski definition) is 3. The van der Waals surface area contributed by atoms with Crippen molar-refractivity contribution in [2.24, 2.45) is 5.92 Å². The Morgan fingerprint density at radius 1 is 1.67 bits per heavy atom. The van der Waals surface area contributed by atoms with Crippen molar-refractivity contribution < 1.29 is 4.79 Å². The molecule has 1 aromatic rings. The highest BCUT2D eigenvalue weighted by Gasteiger charge is 2.11. The number of pyridine rings is 1. The summed E-state index contributed by atoms with van der Waals surface area (Å²) < 4.78 is 0. The number of carbonyl (C=O) groups excluding carboxylic acids is 1. The number of anilines is 1. The second kappa shape index (κ2) is 5.68. The Kier molecular flexibility index (Phi) is 4.52. The van der Waals surface area contributed by atoms with Crippen LogP contribution in [-0.2, 0) is 4.79 Å². The number of amides is 1. The zero-order valence-electron chi connectivity index (χ0n) is 8.75. The number of hydrogen-bond donors (Lipinski definition) is 2. The quantitative estimate of drug-likeness (QED) is 0.767. The zero-order chi connectivity index (χ0) is 11.3. The van der Waals surface area contributed by atoms with Gasteiger partial charge in [0, 0.05) is 24.3 Å². The highest BCUT2D eigenvalue weighted by molar-refractivity contribution is 6.29. The van der Waals surface area contributed by atoms with Crippen LogP contribution in [-0.4, -0.2) is 24.5 Å². The Hall–Kier alpha value is -1.13. The van der Waals surface area contributed by atoms with E-state index in [1.165, 1.54) is 0 Å². The molecule has 1 heterocycles. The van der Waals surface area contributed by atoms with Gasteiger partial charge in [-0.2, -0.15) is 0 Å². The Bertz CT molecular complexity index is 343. The van der Waals surface area contributed by atoms with Crippen LogP contribution in [0.4, 0.5) is 5.69 Å². The predicted molar refractivity (Wildman–Crippen MR) is 61.0 cm³/mol. The lowest BCUT2D eigenvalue weighted by molar-refractivity contribution is -0.119. The molecule has 5 heteroatoms. The summed E-state index contributed by atoms with van der Waals surface area (Å²) in [6.45, 7) is 2.50. The van der Waals surface area contributed by atoms with Crippen LogP contribution in [0.2, 0.25) is 5.15 Å². The van der Waals surface area contributed by atoms with E-state index in [4.69, 9.17) is 11.6 Å². The van der Waals surface area contributed by atoms with E-state index < -0.39 is 0 Å². The van der Waals surface area contributed by atoms with E-state index in [1.807, 2.05) is 14.0 Å². The van der Waals surface area contributed by atoms with E-state index in [0.717, 1.165) is 0 Å². The smallest absolute Gasteiger partial charge is 0.228 e. The Balaban J connectivity index is 2.58. The van der Waals surface area contributed by atoms with E-state index in [2.05, 4.69) is 15.6 Å². The molecule has 4 nitrogen and oxygen atoms in total. The number of halogens is 1. The van der Waals surface area contributed by atoms with Crippen LogP contribution in [0.25, 0.3) is 0 Å². The van der Waals surface area contributed by atoms with Gasteiger partial charge in [-0.3, -0.25) is 4.79 Å². The molecule has 1 amide bonds. The number of carbonyl (C=O) groups is 1. The van der Waals surface area contributed by atoms with Crippen molar-refractivity contribution in [3.8, 4) is 0 Å². The van der Waals surface area contributed by atoms with Crippen LogP contribution in [0, 0.1) is 5.92 Å². The van der Waals surface area contributed by atoms with Gasteiger partial charge < -0.3 is 10.6 Å². The fourth-order valence-corrected chi connectivity index (χ4v) is 1.32. The molecule has 1 rings (SSSR count). The molecule has 0 aromatic carbocycles. The molecular weight excluding hydrogens is 214 g/mol. The van der Waals surface area contributed by atoms with Crippen LogP contribution in [0.1, 0.15) is 6.92 Å². The first-order chi connectivity index (χ1) is 7.13. The predicted octanol–water partition coefficient (Wildman–Crippen LogP) is 1.53. The summed E-state index contributed by atoms with van der Waals surface area (Å²) in [5, 5.41) is 6.08. The van der Waals surface area contributed by atoms with E-state index in [1.54, 1.807) is 18.3 Å². The summed E-state index contributed by atoms with van der Waals surface area (Å²) >= 11 is 5.69. The number of rotatable bonds is 4. The van der Waals surface area contributed by atoms with Gasteiger partial charge in [0.25, 0.3) is 0 Å². The fourth-order valence-electron chi connectivity index (χ4n) is 1.14. The Morgan fingerprint density at radius 3 is 3.00 bits per heavy atom. The standard InChI is InChI=1S/C10H14ClN3O/c1-7(6-12-2)10(15)14-8-3-4-13-9(11)5-8/h3-5,7,12H,6H2,1-2H3,(H,13,14,15). The van der Waals surface area contributed by atoms with Crippen molar-refractivity contribution in [1.82, 2.24) is 10.3 Å². The number of nitrogens with zero attached hydrogens (tertiary/aromatic N) is 1. The fraction of sp³-hybridized carbons (Fsp3) is 0.400. The van der Waals surface area contributed by atoms with Gasteiger partial charge in [0.2, 0.25) is 5.91 Å². The molecule has 0 aliphatic carbocycles. The first-order valence-corrected chi connectivity index (χ1v) is 5.08. The lowest BCUT2D eigenvalue weighted by atomic mass is 10.1. The molecule has 0 spiro atoms. The number of aromatic nitrogens is 1. The van der Waals surface area contributed by atoms with Crippen molar-refractivity contribution in [2.45, 2.75) is 6.92 Å². The molecule has 2 N–H and O–H groups in total. The summed E-state index contributed by atoms with van der Waals surface area (Å²) in [5.74, 6) is -0.117. The molecule has 0 bridgehead atoms. The van der Waals surface area contributed by atoms with Crippen molar-refractivity contribution >= 4 is 23.2 Å². The second-order valence-electron chi connectivity index (χ2n) is 3.32.